The summed E-state index contributed by atoms with van der Waals surface area (Å²) in [6, 6.07) is 7.99. The number of hydrogen-bond acceptors (Lipinski definition) is 6. The summed E-state index contributed by atoms with van der Waals surface area (Å²) in [5.74, 6) is 1.02. The zero-order valence-electron chi connectivity index (χ0n) is 16.1. The molecule has 1 aromatic carbocycles. The summed E-state index contributed by atoms with van der Waals surface area (Å²) in [5.41, 5.74) is 1.88. The van der Waals surface area contributed by atoms with Crippen molar-refractivity contribution in [2.45, 2.75) is 56.4 Å². The highest BCUT2D eigenvalue weighted by molar-refractivity contribution is 8.15. The van der Waals surface area contributed by atoms with E-state index in [4.69, 9.17) is 0 Å². The molecule has 0 aromatic heterocycles. The molecule has 0 unspecified atom stereocenters. The van der Waals surface area contributed by atoms with E-state index in [0.717, 1.165) is 22.8 Å². The smallest absolute Gasteiger partial charge is 0.224 e. The minimum absolute atomic E-state index is 0.0395. The van der Waals surface area contributed by atoms with Crippen LogP contribution in [0.1, 0.15) is 38.2 Å². The number of thioether (sulfide) groups is 1. The zero-order chi connectivity index (χ0) is 19.7. The Morgan fingerprint density at radius 2 is 1.93 bits per heavy atom. The van der Waals surface area contributed by atoms with Crippen LogP contribution in [-0.4, -0.2) is 48.3 Å². The highest BCUT2D eigenvalue weighted by atomic mass is 32.2. The molecule has 1 saturated heterocycles. The Bertz CT molecular complexity index is 867. The number of anilines is 1. The molecule has 4 atom stereocenters. The number of carbonyl (C=O) groups excluding carboxylic acids is 1. The number of nitrogens with zero attached hydrogens (tertiary/aromatic N) is 1. The van der Waals surface area contributed by atoms with Gasteiger partial charge in [0.05, 0.1) is 24.0 Å². The van der Waals surface area contributed by atoms with Gasteiger partial charge in [-0.15, -0.1) is 0 Å². The molecule has 2 fully saturated rings. The van der Waals surface area contributed by atoms with Gasteiger partial charge < -0.3 is 10.6 Å². The number of amidine groups is 1. The van der Waals surface area contributed by atoms with Crippen molar-refractivity contribution in [3.05, 3.63) is 29.8 Å². The van der Waals surface area contributed by atoms with Crippen molar-refractivity contribution in [1.29, 1.82) is 0 Å². The van der Waals surface area contributed by atoms with E-state index < -0.39 is 9.84 Å². The maximum absolute atomic E-state index is 12.4. The van der Waals surface area contributed by atoms with Gasteiger partial charge in [0.15, 0.2) is 15.0 Å². The second kappa shape index (κ2) is 8.06. The fraction of sp³-hybridized carbons (Fsp3) is 0.600. The average molecular weight is 422 g/mol. The highest BCUT2D eigenvalue weighted by Crippen LogP contribution is 2.34. The first kappa shape index (κ1) is 19.8. The molecular formula is C20H27N3O3S2. The summed E-state index contributed by atoms with van der Waals surface area (Å²) in [6.45, 7) is 2.22. The standard InChI is InChI=1S/C20H27N3O3S2/c1-13-4-2-3-5-16(13)22-19(24)10-14-6-8-15(9-7-14)21-20-23-17-11-28(25,26)12-18(17)27-20/h6-9,13,16-18H,2-5,10-12H2,1H3,(H,21,23)(H,22,24)/t13-,16+,17+,18-/m1/s1. The van der Waals surface area contributed by atoms with Gasteiger partial charge >= 0.3 is 0 Å². The lowest BCUT2D eigenvalue weighted by Crippen LogP contribution is -2.41. The Labute approximate surface area is 170 Å². The van der Waals surface area contributed by atoms with Crippen molar-refractivity contribution in [3.8, 4) is 0 Å². The van der Waals surface area contributed by atoms with Gasteiger partial charge in [-0.25, -0.2) is 8.42 Å². The fourth-order valence-electron chi connectivity index (χ4n) is 4.22. The number of fused-ring (bicyclic) bond motifs is 1. The molecule has 1 aliphatic carbocycles. The van der Waals surface area contributed by atoms with E-state index >= 15 is 0 Å². The Balaban J connectivity index is 1.29. The molecule has 0 spiro atoms. The summed E-state index contributed by atoms with van der Waals surface area (Å²) in [5, 5.41) is 7.28. The molecule has 6 nitrogen and oxygen atoms in total. The zero-order valence-corrected chi connectivity index (χ0v) is 17.7. The van der Waals surface area contributed by atoms with Crippen molar-refractivity contribution < 1.29 is 13.2 Å². The quantitative estimate of drug-likeness (QED) is 0.780. The number of rotatable bonds is 4. The van der Waals surface area contributed by atoms with Crippen molar-refractivity contribution >= 4 is 38.4 Å². The largest absolute Gasteiger partial charge is 0.353 e. The molecule has 0 bridgehead atoms. The first-order valence-corrected chi connectivity index (χ1v) is 12.7. The van der Waals surface area contributed by atoms with Gasteiger partial charge in [-0.1, -0.05) is 43.7 Å². The van der Waals surface area contributed by atoms with Crippen LogP contribution < -0.4 is 10.6 Å². The fourth-order valence-corrected chi connectivity index (χ4v) is 7.90. The van der Waals surface area contributed by atoms with Crippen LogP contribution in [-0.2, 0) is 21.1 Å². The predicted molar refractivity (Wildman–Crippen MR) is 115 cm³/mol. The van der Waals surface area contributed by atoms with Crippen LogP contribution in [0.5, 0.6) is 0 Å². The predicted octanol–water partition coefficient (Wildman–Crippen LogP) is 2.60. The lowest BCUT2D eigenvalue weighted by Gasteiger charge is -2.29. The number of nitrogens with one attached hydrogen (secondary N) is 2. The Morgan fingerprint density at radius 1 is 1.18 bits per heavy atom. The second-order valence-electron chi connectivity index (χ2n) is 8.17. The van der Waals surface area contributed by atoms with Gasteiger partial charge in [-0.2, -0.15) is 0 Å². The SMILES string of the molecule is C[C@@H]1CCCC[C@@H]1NC(=O)Cc1ccc(NC2=N[C@H]3CS(=O)(=O)C[C@H]3S2)cc1. The number of carbonyl (C=O) groups is 1. The van der Waals surface area contributed by atoms with Crippen LogP contribution in [0, 0.1) is 5.92 Å². The van der Waals surface area contributed by atoms with Crippen molar-refractivity contribution in [2.24, 2.45) is 10.9 Å². The molecule has 1 amide bonds. The third-order valence-corrected chi connectivity index (χ3v) is 8.99. The summed E-state index contributed by atoms with van der Waals surface area (Å²) in [7, 11) is -2.93. The minimum Gasteiger partial charge on any atom is -0.353 e. The van der Waals surface area contributed by atoms with Gasteiger partial charge in [-0.05, 0) is 36.5 Å². The normalized spacial score (nSPS) is 31.1. The van der Waals surface area contributed by atoms with Crippen LogP contribution in [0.15, 0.2) is 29.3 Å². The van der Waals surface area contributed by atoms with Crippen molar-refractivity contribution in [3.63, 3.8) is 0 Å². The monoisotopic (exact) mass is 421 g/mol. The molecule has 0 radical (unpaired) electrons. The molecule has 1 saturated carbocycles. The van der Waals surface area contributed by atoms with Crippen LogP contribution >= 0.6 is 11.8 Å². The highest BCUT2D eigenvalue weighted by Gasteiger charge is 2.42. The van der Waals surface area contributed by atoms with Gasteiger partial charge in [-0.3, -0.25) is 9.79 Å². The molecule has 2 N–H and O–H groups in total. The van der Waals surface area contributed by atoms with E-state index in [2.05, 4.69) is 22.5 Å². The maximum atomic E-state index is 12.4. The molecule has 152 valence electrons. The topological polar surface area (TPSA) is 87.6 Å². The van der Waals surface area contributed by atoms with Crippen molar-refractivity contribution in [1.82, 2.24) is 5.32 Å². The van der Waals surface area contributed by atoms with Gasteiger partial charge in [0.1, 0.15) is 0 Å². The molecule has 8 heteroatoms. The lowest BCUT2D eigenvalue weighted by atomic mass is 9.86. The van der Waals surface area contributed by atoms with E-state index in [0.29, 0.717) is 18.4 Å². The number of sulfone groups is 1. The summed E-state index contributed by atoms with van der Waals surface area (Å²) in [4.78, 5) is 16.9. The summed E-state index contributed by atoms with van der Waals surface area (Å²) in [6.07, 6.45) is 5.13. The molecule has 2 heterocycles. The number of amides is 1. The third kappa shape index (κ3) is 4.71. The molecule has 2 aliphatic heterocycles. The van der Waals surface area contributed by atoms with E-state index in [1.807, 2.05) is 24.3 Å². The van der Waals surface area contributed by atoms with Crippen LogP contribution in [0.4, 0.5) is 5.69 Å². The van der Waals surface area contributed by atoms with E-state index in [1.54, 1.807) is 0 Å². The van der Waals surface area contributed by atoms with Crippen molar-refractivity contribution in [2.75, 3.05) is 16.8 Å². The molecule has 28 heavy (non-hydrogen) atoms. The van der Waals surface area contributed by atoms with Crippen LogP contribution in [0.3, 0.4) is 0 Å². The Hall–Kier alpha value is -1.54. The lowest BCUT2D eigenvalue weighted by molar-refractivity contribution is -0.121. The van der Waals surface area contributed by atoms with E-state index in [-0.39, 0.29) is 28.7 Å². The third-order valence-electron chi connectivity index (χ3n) is 5.85. The average Bonchev–Trinajstić information content (AvgIpc) is 3.11. The molecule has 1 aromatic rings. The van der Waals surface area contributed by atoms with Gasteiger partial charge in [0, 0.05) is 17.0 Å². The minimum atomic E-state index is -2.93. The molecular weight excluding hydrogens is 394 g/mol. The number of benzene rings is 1. The molecule has 4 rings (SSSR count). The summed E-state index contributed by atoms with van der Waals surface area (Å²) < 4.78 is 23.3. The van der Waals surface area contributed by atoms with Crippen LogP contribution in [0.2, 0.25) is 0 Å². The second-order valence-corrected chi connectivity index (χ2v) is 11.6. The maximum Gasteiger partial charge on any atom is 0.224 e. The van der Waals surface area contributed by atoms with E-state index in [9.17, 15) is 13.2 Å². The number of aliphatic imine (C=N–C) groups is 1. The molecule has 3 aliphatic rings. The first-order valence-electron chi connectivity index (χ1n) is 9.98. The first-order chi connectivity index (χ1) is 13.4. The Kier molecular flexibility index (Phi) is 5.69. The van der Waals surface area contributed by atoms with E-state index in [1.165, 1.54) is 31.0 Å². The van der Waals surface area contributed by atoms with Crippen LogP contribution in [0.25, 0.3) is 0 Å². The number of hydrogen-bond donors (Lipinski definition) is 2. The van der Waals surface area contributed by atoms with Gasteiger partial charge in [0.2, 0.25) is 5.91 Å². The summed E-state index contributed by atoms with van der Waals surface area (Å²) >= 11 is 1.51. The van der Waals surface area contributed by atoms with Gasteiger partial charge in [0.25, 0.3) is 0 Å². The Morgan fingerprint density at radius 3 is 2.64 bits per heavy atom.